The number of amides is 1. The molecule has 0 aromatic heterocycles. The first kappa shape index (κ1) is 11.0. The van der Waals surface area contributed by atoms with E-state index in [1.54, 1.807) is 0 Å². The van der Waals surface area contributed by atoms with Gasteiger partial charge in [-0.05, 0) is 36.1 Å². The number of hydrogen-bond donors (Lipinski definition) is 1. The topological polar surface area (TPSA) is 29.1 Å². The van der Waals surface area contributed by atoms with Crippen LogP contribution in [0.5, 0.6) is 0 Å². The van der Waals surface area contributed by atoms with Crippen molar-refractivity contribution in [2.75, 3.05) is 6.54 Å². The van der Waals surface area contributed by atoms with Crippen molar-refractivity contribution in [2.45, 2.75) is 12.8 Å². The largest absolute Gasteiger partial charge is 0.355 e. The Balaban J connectivity index is 1.91. The summed E-state index contributed by atoms with van der Waals surface area (Å²) in [6, 6.07) is 8.39. The first-order chi connectivity index (χ1) is 8.24. The molecule has 2 nitrogen and oxygen atoms in total. The van der Waals surface area contributed by atoms with Gasteiger partial charge in [0, 0.05) is 22.9 Å². The number of allylic oxidation sites excluding steroid dienone is 1. The fourth-order valence-corrected chi connectivity index (χ4v) is 3.19. The third-order valence-electron chi connectivity index (χ3n) is 3.70. The zero-order valence-corrected chi connectivity index (χ0v) is 11.0. The number of halogens is 1. The molecule has 0 unspecified atom stereocenters. The first-order valence-corrected chi connectivity index (χ1v) is 6.78. The molecule has 2 aliphatic rings. The van der Waals surface area contributed by atoms with Gasteiger partial charge in [0.15, 0.2) is 0 Å². The van der Waals surface area contributed by atoms with E-state index in [9.17, 15) is 4.79 Å². The Morgan fingerprint density at radius 2 is 2.24 bits per heavy atom. The Hall–Kier alpha value is -1.09. The summed E-state index contributed by atoms with van der Waals surface area (Å²) in [5, 5.41) is 2.95. The van der Waals surface area contributed by atoms with Gasteiger partial charge in [0.2, 0.25) is 5.91 Å². The number of benzene rings is 1. The highest BCUT2D eigenvalue weighted by molar-refractivity contribution is 9.10. The van der Waals surface area contributed by atoms with Crippen LogP contribution in [0.2, 0.25) is 0 Å². The van der Waals surface area contributed by atoms with Crippen molar-refractivity contribution in [1.29, 1.82) is 0 Å². The molecule has 1 heterocycles. The Labute approximate surface area is 109 Å². The van der Waals surface area contributed by atoms with E-state index in [2.05, 4.69) is 45.5 Å². The molecule has 1 aromatic carbocycles. The molecule has 0 radical (unpaired) electrons. The predicted octanol–water partition coefficient (Wildman–Crippen LogP) is 2.99. The molecule has 1 aliphatic carbocycles. The summed E-state index contributed by atoms with van der Waals surface area (Å²) in [7, 11) is 0. The predicted molar refractivity (Wildman–Crippen MR) is 71.3 cm³/mol. The normalized spacial score (nSPS) is 27.4. The van der Waals surface area contributed by atoms with E-state index in [1.165, 1.54) is 11.1 Å². The second-order valence-corrected chi connectivity index (χ2v) is 5.67. The van der Waals surface area contributed by atoms with Crippen LogP contribution in [0, 0.1) is 11.8 Å². The van der Waals surface area contributed by atoms with Crippen LogP contribution >= 0.6 is 15.9 Å². The molecular formula is C14H14BrNO. The minimum atomic E-state index is 0.214. The maximum Gasteiger partial charge on any atom is 0.223 e. The smallest absolute Gasteiger partial charge is 0.223 e. The molecule has 2 atom stereocenters. The molecule has 17 heavy (non-hydrogen) atoms. The van der Waals surface area contributed by atoms with Crippen LogP contribution in [0.3, 0.4) is 0 Å². The Kier molecular flexibility index (Phi) is 2.79. The van der Waals surface area contributed by atoms with E-state index in [0.29, 0.717) is 5.92 Å². The number of carbonyl (C=O) groups excluding carboxylic acids is 1. The van der Waals surface area contributed by atoms with Crippen molar-refractivity contribution in [3.8, 4) is 0 Å². The minimum absolute atomic E-state index is 0.214. The standard InChI is InChI=1S/C14H14BrNO/c15-12-3-1-2-9(7-12)10-4-5-13-11(6-10)8-16-14(13)17/h1-3,6-7,11,13H,4-5,8H2,(H,16,17)/t11-,13-/m1/s1. The Morgan fingerprint density at radius 1 is 1.35 bits per heavy atom. The molecule has 1 fully saturated rings. The van der Waals surface area contributed by atoms with Crippen LogP contribution in [0.4, 0.5) is 0 Å². The zero-order chi connectivity index (χ0) is 11.8. The number of carbonyl (C=O) groups is 1. The Morgan fingerprint density at radius 3 is 3.06 bits per heavy atom. The number of nitrogens with one attached hydrogen (secondary N) is 1. The van der Waals surface area contributed by atoms with Gasteiger partial charge in [0.1, 0.15) is 0 Å². The van der Waals surface area contributed by atoms with Crippen LogP contribution in [0.15, 0.2) is 34.8 Å². The summed E-state index contributed by atoms with van der Waals surface area (Å²) in [6.45, 7) is 0.807. The van der Waals surface area contributed by atoms with Gasteiger partial charge < -0.3 is 5.32 Å². The van der Waals surface area contributed by atoms with Gasteiger partial charge in [-0.2, -0.15) is 0 Å². The monoisotopic (exact) mass is 291 g/mol. The van der Waals surface area contributed by atoms with E-state index < -0.39 is 0 Å². The van der Waals surface area contributed by atoms with Crippen molar-refractivity contribution in [2.24, 2.45) is 11.8 Å². The van der Waals surface area contributed by atoms with Gasteiger partial charge in [-0.1, -0.05) is 34.1 Å². The molecule has 3 heteroatoms. The van der Waals surface area contributed by atoms with E-state index >= 15 is 0 Å². The number of hydrogen-bond acceptors (Lipinski definition) is 1. The SMILES string of the molecule is O=C1NC[C@H]2C=C(c3cccc(Br)c3)CC[C@@H]12. The average molecular weight is 292 g/mol. The highest BCUT2D eigenvalue weighted by Gasteiger charge is 2.35. The number of rotatable bonds is 1. The maximum absolute atomic E-state index is 11.6. The summed E-state index contributed by atoms with van der Waals surface area (Å²) in [4.78, 5) is 11.6. The molecule has 1 aliphatic heterocycles. The molecule has 3 rings (SSSR count). The summed E-state index contributed by atoms with van der Waals surface area (Å²) in [5.74, 6) is 0.843. The van der Waals surface area contributed by atoms with Crippen molar-refractivity contribution in [1.82, 2.24) is 5.32 Å². The summed E-state index contributed by atoms with van der Waals surface area (Å²) >= 11 is 3.50. The fourth-order valence-electron chi connectivity index (χ4n) is 2.79. The van der Waals surface area contributed by atoms with Crippen LogP contribution in [0.25, 0.3) is 5.57 Å². The van der Waals surface area contributed by atoms with E-state index in [1.807, 2.05) is 6.07 Å². The average Bonchev–Trinajstić information content (AvgIpc) is 2.71. The second kappa shape index (κ2) is 4.30. The van der Waals surface area contributed by atoms with Gasteiger partial charge >= 0.3 is 0 Å². The molecule has 1 amide bonds. The lowest BCUT2D eigenvalue weighted by molar-refractivity contribution is -0.122. The lowest BCUT2D eigenvalue weighted by Gasteiger charge is -2.22. The third-order valence-corrected chi connectivity index (χ3v) is 4.19. The minimum Gasteiger partial charge on any atom is -0.355 e. The van der Waals surface area contributed by atoms with Crippen LogP contribution < -0.4 is 5.32 Å². The van der Waals surface area contributed by atoms with E-state index in [-0.39, 0.29) is 11.8 Å². The lowest BCUT2D eigenvalue weighted by Crippen LogP contribution is -2.21. The maximum atomic E-state index is 11.6. The van der Waals surface area contributed by atoms with Crippen molar-refractivity contribution >= 4 is 27.4 Å². The van der Waals surface area contributed by atoms with Crippen LogP contribution in [-0.4, -0.2) is 12.5 Å². The zero-order valence-electron chi connectivity index (χ0n) is 9.45. The molecule has 0 bridgehead atoms. The van der Waals surface area contributed by atoms with Crippen LogP contribution in [0.1, 0.15) is 18.4 Å². The number of fused-ring (bicyclic) bond motifs is 1. The molecule has 0 spiro atoms. The first-order valence-electron chi connectivity index (χ1n) is 5.98. The molecule has 88 valence electrons. The van der Waals surface area contributed by atoms with Gasteiger partial charge in [0.25, 0.3) is 0 Å². The summed E-state index contributed by atoms with van der Waals surface area (Å²) < 4.78 is 1.11. The highest BCUT2D eigenvalue weighted by atomic mass is 79.9. The van der Waals surface area contributed by atoms with Gasteiger partial charge in [-0.3, -0.25) is 4.79 Å². The quantitative estimate of drug-likeness (QED) is 0.847. The van der Waals surface area contributed by atoms with Crippen molar-refractivity contribution in [3.63, 3.8) is 0 Å². The lowest BCUT2D eigenvalue weighted by atomic mass is 9.81. The fraction of sp³-hybridized carbons (Fsp3) is 0.357. The van der Waals surface area contributed by atoms with Crippen LogP contribution in [-0.2, 0) is 4.79 Å². The molecule has 1 saturated heterocycles. The second-order valence-electron chi connectivity index (χ2n) is 4.76. The van der Waals surface area contributed by atoms with Gasteiger partial charge in [-0.15, -0.1) is 0 Å². The van der Waals surface area contributed by atoms with Gasteiger partial charge in [0.05, 0.1) is 0 Å². The molecule has 1 N–H and O–H groups in total. The van der Waals surface area contributed by atoms with Crippen molar-refractivity contribution < 1.29 is 4.79 Å². The Bertz CT molecular complexity index is 495. The molecule has 1 aromatic rings. The molecular weight excluding hydrogens is 278 g/mol. The third kappa shape index (κ3) is 2.04. The van der Waals surface area contributed by atoms with Crippen molar-refractivity contribution in [3.05, 3.63) is 40.4 Å². The van der Waals surface area contributed by atoms with E-state index in [0.717, 1.165) is 23.9 Å². The van der Waals surface area contributed by atoms with Gasteiger partial charge in [-0.25, -0.2) is 0 Å². The highest BCUT2D eigenvalue weighted by Crippen LogP contribution is 2.36. The molecule has 0 saturated carbocycles. The van der Waals surface area contributed by atoms with E-state index in [4.69, 9.17) is 0 Å². The summed E-state index contributed by atoms with van der Waals surface area (Å²) in [6.07, 6.45) is 4.27. The summed E-state index contributed by atoms with van der Waals surface area (Å²) in [5.41, 5.74) is 2.65.